The first-order valence-electron chi connectivity index (χ1n) is 8.05. The third-order valence-electron chi connectivity index (χ3n) is 3.65. The van der Waals surface area contributed by atoms with Crippen LogP contribution in [0, 0.1) is 0 Å². The fourth-order valence-corrected chi connectivity index (χ4v) is 2.98. The molecule has 2 aromatic rings. The minimum absolute atomic E-state index is 0.0361. The van der Waals surface area contributed by atoms with Gasteiger partial charge in [-0.05, 0) is 30.0 Å². The smallest absolute Gasteiger partial charge is 0.335 e. The van der Waals surface area contributed by atoms with E-state index in [0.717, 1.165) is 0 Å². The number of carbonyl (C=O) groups excluding carboxylic acids is 2. The van der Waals surface area contributed by atoms with Crippen molar-refractivity contribution in [1.29, 1.82) is 0 Å². The molecule has 0 saturated carbocycles. The zero-order chi connectivity index (χ0) is 19.8. The normalized spacial score (nSPS) is 10.1. The maximum atomic E-state index is 12.2. The van der Waals surface area contributed by atoms with Gasteiger partial charge in [0.2, 0.25) is 5.91 Å². The van der Waals surface area contributed by atoms with Crippen molar-refractivity contribution in [3.8, 4) is 11.5 Å². The zero-order valence-corrected chi connectivity index (χ0v) is 15.7. The number of ether oxygens (including phenoxy) is 2. The Labute approximate surface area is 160 Å². The van der Waals surface area contributed by atoms with Gasteiger partial charge in [0.1, 0.15) is 0 Å². The predicted octanol–water partition coefficient (Wildman–Crippen LogP) is 2.61. The molecule has 8 nitrogen and oxygen atoms in total. The fourth-order valence-electron chi connectivity index (χ4n) is 2.34. The summed E-state index contributed by atoms with van der Waals surface area (Å²) in [7, 11) is 2.78. The highest BCUT2D eigenvalue weighted by atomic mass is 32.1. The quantitative estimate of drug-likeness (QED) is 0.565. The van der Waals surface area contributed by atoms with E-state index in [4.69, 9.17) is 9.47 Å². The molecule has 0 fully saturated rings. The van der Waals surface area contributed by atoms with Gasteiger partial charge in [0.05, 0.1) is 25.5 Å². The average molecular weight is 392 g/mol. The van der Waals surface area contributed by atoms with Crippen molar-refractivity contribution >= 4 is 34.8 Å². The van der Waals surface area contributed by atoms with Crippen LogP contribution in [0.5, 0.6) is 11.5 Å². The van der Waals surface area contributed by atoms with E-state index in [9.17, 15) is 19.5 Å². The van der Waals surface area contributed by atoms with Crippen molar-refractivity contribution in [3.05, 3.63) is 40.1 Å². The molecule has 144 valence electrons. The fraction of sp³-hybridized carbons (Fsp3) is 0.278. The molecule has 27 heavy (non-hydrogen) atoms. The number of amides is 2. The monoisotopic (exact) mass is 392 g/mol. The highest BCUT2D eigenvalue weighted by Crippen LogP contribution is 2.36. The van der Waals surface area contributed by atoms with Crippen molar-refractivity contribution in [2.24, 2.45) is 0 Å². The van der Waals surface area contributed by atoms with Gasteiger partial charge in [0.25, 0.3) is 5.91 Å². The first kappa shape index (κ1) is 20.2. The van der Waals surface area contributed by atoms with E-state index in [1.54, 1.807) is 11.4 Å². The minimum Gasteiger partial charge on any atom is -0.493 e. The number of benzene rings is 1. The molecule has 2 amide bonds. The molecule has 0 saturated heterocycles. The summed E-state index contributed by atoms with van der Waals surface area (Å²) < 4.78 is 10.3. The van der Waals surface area contributed by atoms with Gasteiger partial charge < -0.3 is 25.2 Å². The summed E-state index contributed by atoms with van der Waals surface area (Å²) in [6.07, 6.45) is 0.576. The van der Waals surface area contributed by atoms with Crippen LogP contribution in [-0.2, 0) is 4.79 Å². The van der Waals surface area contributed by atoms with Gasteiger partial charge in [-0.15, -0.1) is 0 Å². The number of carboxylic acids is 1. The number of aromatic carboxylic acids is 1. The lowest BCUT2D eigenvalue weighted by atomic mass is 10.1. The summed E-state index contributed by atoms with van der Waals surface area (Å²) in [4.78, 5) is 35.2. The summed E-state index contributed by atoms with van der Waals surface area (Å²) in [6.45, 7) is 0.345. The molecule has 1 aromatic carbocycles. The Morgan fingerprint density at radius 1 is 1.15 bits per heavy atom. The van der Waals surface area contributed by atoms with Crippen LogP contribution in [0.25, 0.3) is 0 Å². The molecule has 0 aliphatic carbocycles. The largest absolute Gasteiger partial charge is 0.493 e. The average Bonchev–Trinajstić information content (AvgIpc) is 3.19. The van der Waals surface area contributed by atoms with E-state index in [1.807, 2.05) is 5.38 Å². The zero-order valence-electron chi connectivity index (χ0n) is 14.9. The molecular weight excluding hydrogens is 372 g/mol. The lowest BCUT2D eigenvalue weighted by Gasteiger charge is -2.15. The third-order valence-corrected chi connectivity index (χ3v) is 4.33. The van der Waals surface area contributed by atoms with E-state index < -0.39 is 5.97 Å². The Kier molecular flexibility index (Phi) is 7.18. The Morgan fingerprint density at radius 3 is 2.52 bits per heavy atom. The van der Waals surface area contributed by atoms with Crippen LogP contribution in [0.3, 0.4) is 0 Å². The molecule has 0 aliphatic rings. The van der Waals surface area contributed by atoms with Crippen LogP contribution in [0.2, 0.25) is 0 Å². The van der Waals surface area contributed by atoms with Crippen molar-refractivity contribution < 1.29 is 29.0 Å². The molecular formula is C18H20N2O6S. The lowest BCUT2D eigenvalue weighted by Crippen LogP contribution is -2.25. The van der Waals surface area contributed by atoms with Gasteiger partial charge in [-0.1, -0.05) is 0 Å². The molecule has 0 atom stereocenters. The predicted molar refractivity (Wildman–Crippen MR) is 101 cm³/mol. The van der Waals surface area contributed by atoms with E-state index >= 15 is 0 Å². The maximum Gasteiger partial charge on any atom is 0.335 e. The number of hydrogen-bond donors (Lipinski definition) is 3. The van der Waals surface area contributed by atoms with Gasteiger partial charge in [-0.25, -0.2) is 4.79 Å². The van der Waals surface area contributed by atoms with Crippen molar-refractivity contribution in [2.75, 3.05) is 26.1 Å². The molecule has 1 heterocycles. The van der Waals surface area contributed by atoms with E-state index in [0.29, 0.717) is 18.5 Å². The first-order valence-corrected chi connectivity index (χ1v) is 9.00. The first-order chi connectivity index (χ1) is 13.0. The molecule has 0 unspecified atom stereocenters. The number of carboxylic acid groups (broad SMARTS) is 1. The summed E-state index contributed by atoms with van der Waals surface area (Å²) in [5.74, 6) is -1.22. The Morgan fingerprint density at radius 2 is 1.93 bits per heavy atom. The molecule has 2 rings (SSSR count). The number of carbonyl (C=O) groups is 3. The second kappa shape index (κ2) is 9.58. The standard InChI is InChI=1S/C18H20N2O6S/c1-25-14-9-12(18(23)24)8-13(16(14)26-2)20-15(21)4-3-6-19-17(22)11-5-7-27-10-11/h5,7-10H,3-4,6H2,1-2H3,(H,19,22)(H,20,21)(H,23,24). The van der Waals surface area contributed by atoms with Crippen LogP contribution in [0.1, 0.15) is 33.6 Å². The van der Waals surface area contributed by atoms with Gasteiger partial charge in [-0.2, -0.15) is 11.3 Å². The molecule has 0 radical (unpaired) electrons. The van der Waals surface area contributed by atoms with Crippen LogP contribution in [0.4, 0.5) is 5.69 Å². The van der Waals surface area contributed by atoms with E-state index in [1.165, 1.54) is 37.7 Å². The lowest BCUT2D eigenvalue weighted by molar-refractivity contribution is -0.116. The van der Waals surface area contributed by atoms with Crippen LogP contribution >= 0.6 is 11.3 Å². The highest BCUT2D eigenvalue weighted by molar-refractivity contribution is 7.08. The summed E-state index contributed by atoms with van der Waals surface area (Å²) in [5.41, 5.74) is 0.763. The summed E-state index contributed by atoms with van der Waals surface area (Å²) in [5, 5.41) is 18.1. The van der Waals surface area contributed by atoms with Gasteiger partial charge in [0.15, 0.2) is 11.5 Å². The SMILES string of the molecule is COc1cc(C(=O)O)cc(NC(=O)CCCNC(=O)c2ccsc2)c1OC. The Hall–Kier alpha value is -3.07. The summed E-state index contributed by atoms with van der Waals surface area (Å²) in [6, 6.07) is 4.35. The van der Waals surface area contributed by atoms with Crippen LogP contribution < -0.4 is 20.1 Å². The van der Waals surface area contributed by atoms with Gasteiger partial charge in [0, 0.05) is 23.9 Å². The maximum absolute atomic E-state index is 12.2. The van der Waals surface area contributed by atoms with Crippen LogP contribution in [0.15, 0.2) is 29.0 Å². The number of methoxy groups -OCH3 is 2. The third kappa shape index (κ3) is 5.45. The molecule has 9 heteroatoms. The Bertz CT molecular complexity index is 820. The minimum atomic E-state index is -1.15. The van der Waals surface area contributed by atoms with Crippen molar-refractivity contribution in [3.63, 3.8) is 0 Å². The number of thiophene rings is 1. The summed E-state index contributed by atoms with van der Waals surface area (Å²) >= 11 is 1.43. The molecule has 3 N–H and O–H groups in total. The molecule has 0 bridgehead atoms. The number of hydrogen-bond acceptors (Lipinski definition) is 6. The van der Waals surface area contributed by atoms with Crippen LogP contribution in [-0.4, -0.2) is 43.7 Å². The molecule has 0 aliphatic heterocycles. The van der Waals surface area contributed by atoms with Gasteiger partial charge >= 0.3 is 5.97 Å². The topological polar surface area (TPSA) is 114 Å². The Balaban J connectivity index is 1.93. The van der Waals surface area contributed by atoms with Crippen molar-refractivity contribution in [2.45, 2.75) is 12.8 Å². The molecule has 0 spiro atoms. The van der Waals surface area contributed by atoms with Crippen molar-refractivity contribution in [1.82, 2.24) is 5.32 Å². The number of rotatable bonds is 9. The second-order valence-corrected chi connectivity index (χ2v) is 6.26. The number of nitrogens with one attached hydrogen (secondary N) is 2. The number of anilines is 1. The van der Waals surface area contributed by atoms with E-state index in [2.05, 4.69) is 10.6 Å². The molecule has 1 aromatic heterocycles. The van der Waals surface area contributed by atoms with Gasteiger partial charge in [-0.3, -0.25) is 9.59 Å². The second-order valence-electron chi connectivity index (χ2n) is 5.48. The highest BCUT2D eigenvalue weighted by Gasteiger charge is 2.17. The van der Waals surface area contributed by atoms with E-state index in [-0.39, 0.29) is 41.0 Å².